The Kier molecular flexibility index (Phi) is 8.16. The van der Waals surface area contributed by atoms with Crippen LogP contribution in [0.4, 0.5) is 0 Å². The van der Waals surface area contributed by atoms with Crippen molar-refractivity contribution < 1.29 is 19.1 Å². The van der Waals surface area contributed by atoms with Crippen molar-refractivity contribution in [2.75, 3.05) is 13.2 Å². The molecular weight excluding hydrogens is 436 g/mol. The molecule has 0 fully saturated rings. The fourth-order valence-electron chi connectivity index (χ4n) is 1.96. The van der Waals surface area contributed by atoms with Crippen LogP contribution in [-0.2, 0) is 9.59 Å². The van der Waals surface area contributed by atoms with Crippen molar-refractivity contribution in [2.24, 2.45) is 0 Å². The summed E-state index contributed by atoms with van der Waals surface area (Å²) in [4.78, 5) is 23.5. The highest BCUT2D eigenvalue weighted by molar-refractivity contribution is 9.10. The van der Waals surface area contributed by atoms with Crippen molar-refractivity contribution in [3.05, 3.63) is 63.6 Å². The number of nitrogens with one attached hydrogen (secondary N) is 2. The molecule has 6 nitrogen and oxygen atoms in total. The minimum absolute atomic E-state index is 0.261. The number of carbonyl (C=O) groups is 2. The van der Waals surface area contributed by atoms with Gasteiger partial charge in [0.1, 0.15) is 11.5 Å². The minimum atomic E-state index is -0.500. The van der Waals surface area contributed by atoms with Crippen LogP contribution in [0.3, 0.4) is 0 Å². The molecule has 0 saturated carbocycles. The van der Waals surface area contributed by atoms with Gasteiger partial charge < -0.3 is 9.47 Å². The number of halogens is 2. The SMILES string of the molecule is CCOc1ccc(/C=C/C(=O)NNC(=O)COc2ccc(Cl)cc2Br)cc1. The quantitative estimate of drug-likeness (QED) is 0.495. The number of amides is 2. The molecular formula is C19H18BrClN2O4. The Morgan fingerprint density at radius 2 is 1.85 bits per heavy atom. The molecule has 0 aromatic heterocycles. The molecule has 0 aliphatic heterocycles. The minimum Gasteiger partial charge on any atom is -0.494 e. The number of carbonyl (C=O) groups excluding carboxylic acids is 2. The van der Waals surface area contributed by atoms with Crippen LogP contribution in [0, 0.1) is 0 Å². The van der Waals surface area contributed by atoms with E-state index in [9.17, 15) is 9.59 Å². The number of hydrazine groups is 1. The van der Waals surface area contributed by atoms with Gasteiger partial charge in [0.2, 0.25) is 0 Å². The molecule has 0 spiro atoms. The summed E-state index contributed by atoms with van der Waals surface area (Å²) in [7, 11) is 0. The lowest BCUT2D eigenvalue weighted by Crippen LogP contribution is -2.43. The van der Waals surface area contributed by atoms with Gasteiger partial charge in [-0.1, -0.05) is 23.7 Å². The van der Waals surface area contributed by atoms with E-state index in [0.717, 1.165) is 11.3 Å². The third kappa shape index (κ3) is 7.32. The summed E-state index contributed by atoms with van der Waals surface area (Å²) in [6, 6.07) is 12.2. The highest BCUT2D eigenvalue weighted by Crippen LogP contribution is 2.27. The van der Waals surface area contributed by atoms with Gasteiger partial charge in [0.25, 0.3) is 11.8 Å². The average Bonchev–Trinajstić information content (AvgIpc) is 2.65. The zero-order valence-electron chi connectivity index (χ0n) is 14.5. The van der Waals surface area contributed by atoms with Crippen molar-refractivity contribution in [3.63, 3.8) is 0 Å². The molecule has 0 aliphatic carbocycles. The number of hydrogen-bond acceptors (Lipinski definition) is 4. The Hall–Kier alpha value is -2.51. The van der Waals surface area contributed by atoms with Crippen molar-refractivity contribution >= 4 is 45.4 Å². The molecule has 0 radical (unpaired) electrons. The Morgan fingerprint density at radius 3 is 2.52 bits per heavy atom. The Morgan fingerprint density at radius 1 is 1.11 bits per heavy atom. The summed E-state index contributed by atoms with van der Waals surface area (Å²) in [5.74, 6) is 0.263. The zero-order valence-corrected chi connectivity index (χ0v) is 16.8. The molecule has 0 heterocycles. The third-order valence-corrected chi connectivity index (χ3v) is 4.05. The molecule has 2 N–H and O–H groups in total. The molecule has 0 saturated heterocycles. The van der Waals surface area contributed by atoms with Gasteiger partial charge >= 0.3 is 0 Å². The van der Waals surface area contributed by atoms with Crippen LogP contribution < -0.4 is 20.3 Å². The van der Waals surface area contributed by atoms with Gasteiger partial charge in [0.15, 0.2) is 6.61 Å². The molecule has 142 valence electrons. The van der Waals surface area contributed by atoms with Crippen molar-refractivity contribution in [2.45, 2.75) is 6.92 Å². The Bertz CT molecular complexity index is 825. The fraction of sp³-hybridized carbons (Fsp3) is 0.158. The molecule has 8 heteroatoms. The predicted molar refractivity (Wildman–Crippen MR) is 108 cm³/mol. The van der Waals surface area contributed by atoms with E-state index < -0.39 is 11.8 Å². The van der Waals surface area contributed by atoms with Crippen LogP contribution in [0.1, 0.15) is 12.5 Å². The summed E-state index contributed by atoms with van der Waals surface area (Å²) in [5, 5.41) is 0.547. The summed E-state index contributed by atoms with van der Waals surface area (Å²) >= 11 is 9.12. The highest BCUT2D eigenvalue weighted by atomic mass is 79.9. The lowest BCUT2D eigenvalue weighted by atomic mass is 10.2. The first-order valence-electron chi connectivity index (χ1n) is 8.05. The molecule has 0 unspecified atom stereocenters. The first-order chi connectivity index (χ1) is 13.0. The normalized spacial score (nSPS) is 10.5. The first kappa shape index (κ1) is 20.8. The molecule has 2 aromatic rings. The third-order valence-electron chi connectivity index (χ3n) is 3.20. The van der Waals surface area contributed by atoms with Gasteiger partial charge in [0, 0.05) is 11.1 Å². The van der Waals surface area contributed by atoms with Crippen molar-refractivity contribution in [3.8, 4) is 11.5 Å². The summed E-state index contributed by atoms with van der Waals surface area (Å²) in [6.07, 6.45) is 2.94. The Balaban J connectivity index is 1.74. The second kappa shape index (κ2) is 10.6. The van der Waals surface area contributed by atoms with Crippen LogP contribution >= 0.6 is 27.5 Å². The Labute approximate surface area is 170 Å². The molecule has 0 bridgehead atoms. The van der Waals surface area contributed by atoms with E-state index in [1.165, 1.54) is 6.08 Å². The second-order valence-corrected chi connectivity index (χ2v) is 6.53. The van der Waals surface area contributed by atoms with Gasteiger partial charge in [0.05, 0.1) is 11.1 Å². The van der Waals surface area contributed by atoms with E-state index in [1.807, 2.05) is 31.2 Å². The fourth-order valence-corrected chi connectivity index (χ4v) is 2.76. The number of rotatable bonds is 7. The maximum Gasteiger partial charge on any atom is 0.276 e. The summed E-state index contributed by atoms with van der Waals surface area (Å²) in [6.45, 7) is 2.24. The van der Waals surface area contributed by atoms with Gasteiger partial charge in [-0.25, -0.2) is 0 Å². The van der Waals surface area contributed by atoms with Crippen LogP contribution in [0.2, 0.25) is 5.02 Å². The van der Waals surface area contributed by atoms with E-state index in [2.05, 4.69) is 26.8 Å². The summed E-state index contributed by atoms with van der Waals surface area (Å²) < 4.78 is 11.3. The molecule has 2 rings (SSSR count). The standard InChI is InChI=1S/C19H18BrClN2O4/c1-2-26-15-7-3-13(4-8-15)5-10-18(24)22-23-19(25)12-27-17-9-6-14(21)11-16(17)20/h3-11H,2,12H2,1H3,(H,22,24)(H,23,25)/b10-5+. The topological polar surface area (TPSA) is 76.7 Å². The van der Waals surface area contributed by atoms with Crippen molar-refractivity contribution in [1.29, 1.82) is 0 Å². The molecule has 27 heavy (non-hydrogen) atoms. The molecule has 2 amide bonds. The molecule has 2 aromatic carbocycles. The lowest BCUT2D eigenvalue weighted by Gasteiger charge is -2.09. The van der Waals surface area contributed by atoms with Gasteiger partial charge in [-0.2, -0.15) is 0 Å². The predicted octanol–water partition coefficient (Wildman–Crippen LogP) is 3.74. The lowest BCUT2D eigenvalue weighted by molar-refractivity contribution is -0.128. The average molecular weight is 454 g/mol. The van der Waals surface area contributed by atoms with Crippen LogP contribution in [0.5, 0.6) is 11.5 Å². The first-order valence-corrected chi connectivity index (χ1v) is 9.22. The van der Waals surface area contributed by atoms with Gasteiger partial charge in [-0.3, -0.25) is 20.4 Å². The smallest absolute Gasteiger partial charge is 0.276 e. The number of ether oxygens (including phenoxy) is 2. The summed E-state index contributed by atoms with van der Waals surface area (Å²) in [5.41, 5.74) is 5.38. The van der Waals surface area contributed by atoms with E-state index >= 15 is 0 Å². The van der Waals surface area contributed by atoms with Crippen LogP contribution in [0.25, 0.3) is 6.08 Å². The maximum absolute atomic E-state index is 11.8. The monoisotopic (exact) mass is 452 g/mol. The van der Waals surface area contributed by atoms with Crippen LogP contribution in [-0.4, -0.2) is 25.0 Å². The van der Waals surface area contributed by atoms with E-state index in [-0.39, 0.29) is 6.61 Å². The van der Waals surface area contributed by atoms with Gasteiger partial charge in [-0.05, 0) is 64.8 Å². The second-order valence-electron chi connectivity index (χ2n) is 5.24. The maximum atomic E-state index is 11.8. The van der Waals surface area contributed by atoms with E-state index in [1.54, 1.807) is 24.3 Å². The number of hydrogen-bond donors (Lipinski definition) is 2. The molecule has 0 atom stereocenters. The number of benzene rings is 2. The van der Waals surface area contributed by atoms with Gasteiger partial charge in [-0.15, -0.1) is 0 Å². The van der Waals surface area contributed by atoms with Crippen molar-refractivity contribution in [1.82, 2.24) is 10.9 Å². The molecule has 0 aliphatic rings. The highest BCUT2D eigenvalue weighted by Gasteiger charge is 2.06. The van der Waals surface area contributed by atoms with E-state index in [0.29, 0.717) is 21.9 Å². The van der Waals surface area contributed by atoms with Crippen LogP contribution in [0.15, 0.2) is 53.0 Å². The zero-order chi connectivity index (χ0) is 19.6. The largest absolute Gasteiger partial charge is 0.494 e. The van der Waals surface area contributed by atoms with E-state index in [4.69, 9.17) is 21.1 Å².